The summed E-state index contributed by atoms with van der Waals surface area (Å²) in [6.45, 7) is 4.82. The molecule has 5 rings (SSSR count). The fourth-order valence-corrected chi connectivity index (χ4v) is 5.64. The van der Waals surface area contributed by atoms with Gasteiger partial charge >= 0.3 is 10.2 Å². The monoisotopic (exact) mass is 491 g/mol. The molecule has 8 nitrogen and oxygen atoms in total. The van der Waals surface area contributed by atoms with Crippen LogP contribution in [0.2, 0.25) is 5.02 Å². The highest BCUT2D eigenvalue weighted by Gasteiger charge is 2.34. The van der Waals surface area contributed by atoms with Gasteiger partial charge in [-0.1, -0.05) is 17.7 Å². The van der Waals surface area contributed by atoms with Crippen molar-refractivity contribution in [3.63, 3.8) is 0 Å². The van der Waals surface area contributed by atoms with Crippen LogP contribution >= 0.6 is 11.6 Å². The Morgan fingerprint density at radius 3 is 2.85 bits per heavy atom. The van der Waals surface area contributed by atoms with Crippen molar-refractivity contribution in [2.24, 2.45) is 9.98 Å². The predicted octanol–water partition coefficient (Wildman–Crippen LogP) is 4.35. The standard InChI is InChI=1S/C22H23ClFN5O3S/c1-22(2)12-28-13-25-17-7-6-15(10-16(17)21(28)26-22)32-19-5-3-4-18(20(19)23)27-33(30,31)29-9-8-14(24)11-29/h3-7,10,13-14,27H,8-9,11-12H2,1-2H3. The molecule has 174 valence electrons. The molecule has 2 aromatic carbocycles. The largest absolute Gasteiger partial charge is 0.456 e. The Morgan fingerprint density at radius 2 is 2.09 bits per heavy atom. The molecule has 1 fully saturated rings. The minimum atomic E-state index is -3.92. The first-order valence-corrected chi connectivity index (χ1v) is 12.4. The van der Waals surface area contributed by atoms with Crippen LogP contribution in [0.3, 0.4) is 0 Å². The third kappa shape index (κ3) is 4.30. The number of alkyl halides is 1. The molecule has 0 spiro atoms. The summed E-state index contributed by atoms with van der Waals surface area (Å²) in [5.74, 6) is 1.63. The van der Waals surface area contributed by atoms with Crippen LogP contribution in [0.25, 0.3) is 0 Å². The summed E-state index contributed by atoms with van der Waals surface area (Å²) in [7, 11) is -3.92. The molecule has 0 bridgehead atoms. The topological polar surface area (TPSA) is 86.6 Å². The van der Waals surface area contributed by atoms with Crippen molar-refractivity contribution in [2.75, 3.05) is 24.4 Å². The second kappa shape index (κ2) is 7.96. The Balaban J connectivity index is 1.40. The fraction of sp³-hybridized carbons (Fsp3) is 0.364. The number of fused-ring (bicyclic) bond motifs is 3. The van der Waals surface area contributed by atoms with Crippen molar-refractivity contribution in [3.8, 4) is 11.5 Å². The van der Waals surface area contributed by atoms with Crippen LogP contribution in [0.15, 0.2) is 46.4 Å². The molecule has 1 N–H and O–H groups in total. The van der Waals surface area contributed by atoms with Gasteiger partial charge in [0.25, 0.3) is 0 Å². The molecule has 0 amide bonds. The highest BCUT2D eigenvalue weighted by atomic mass is 35.5. The van der Waals surface area contributed by atoms with Crippen molar-refractivity contribution >= 4 is 45.4 Å². The lowest BCUT2D eigenvalue weighted by molar-refractivity contribution is 0.343. The van der Waals surface area contributed by atoms with Gasteiger partial charge in [-0.15, -0.1) is 0 Å². The highest BCUT2D eigenvalue weighted by Crippen LogP contribution is 2.38. The van der Waals surface area contributed by atoms with Crippen molar-refractivity contribution in [1.29, 1.82) is 0 Å². The molecule has 0 saturated carbocycles. The number of halogens is 2. The van der Waals surface area contributed by atoms with E-state index >= 15 is 0 Å². The van der Waals surface area contributed by atoms with Crippen LogP contribution in [0.1, 0.15) is 25.8 Å². The van der Waals surface area contributed by atoms with E-state index in [1.54, 1.807) is 24.5 Å². The number of nitrogens with zero attached hydrogens (tertiary/aromatic N) is 4. The molecule has 1 unspecified atom stereocenters. The maximum atomic E-state index is 13.5. The molecule has 33 heavy (non-hydrogen) atoms. The number of anilines is 1. The first-order valence-electron chi connectivity index (χ1n) is 10.5. The number of benzene rings is 2. The smallest absolute Gasteiger partial charge is 0.301 e. The lowest BCUT2D eigenvalue weighted by Gasteiger charge is -2.22. The van der Waals surface area contributed by atoms with Gasteiger partial charge in [-0.05, 0) is 50.6 Å². The quantitative estimate of drug-likeness (QED) is 0.673. The molecule has 0 aromatic heterocycles. The Kier molecular flexibility index (Phi) is 5.34. The van der Waals surface area contributed by atoms with Crippen LogP contribution in [0.4, 0.5) is 15.8 Å². The number of hydrogen-bond acceptors (Lipinski definition) is 6. The van der Waals surface area contributed by atoms with Gasteiger partial charge in [-0.2, -0.15) is 12.7 Å². The Bertz CT molecular complexity index is 1280. The summed E-state index contributed by atoms with van der Waals surface area (Å²) in [4.78, 5) is 11.3. The number of nitrogens with one attached hydrogen (secondary N) is 1. The molecule has 3 aliphatic heterocycles. The lowest BCUT2D eigenvalue weighted by atomic mass is 10.1. The van der Waals surface area contributed by atoms with E-state index in [0.29, 0.717) is 5.75 Å². The molecule has 1 saturated heterocycles. The minimum Gasteiger partial charge on any atom is -0.456 e. The van der Waals surface area contributed by atoms with Crippen molar-refractivity contribution < 1.29 is 17.5 Å². The molecule has 11 heteroatoms. The SMILES string of the molecule is CC1(C)CN2C=Nc3ccc(Oc4cccc(NS(=O)(=O)N5CCC(F)C5)c4Cl)cc3C2=N1. The van der Waals surface area contributed by atoms with Crippen LogP contribution in [0, 0.1) is 0 Å². The molecular weight excluding hydrogens is 469 g/mol. The fourth-order valence-electron chi connectivity index (χ4n) is 4.10. The Hall–Kier alpha value is -2.69. The van der Waals surface area contributed by atoms with Gasteiger partial charge in [-0.25, -0.2) is 9.38 Å². The summed E-state index contributed by atoms with van der Waals surface area (Å²) in [6.07, 6.45) is 0.806. The van der Waals surface area contributed by atoms with E-state index in [9.17, 15) is 12.8 Å². The summed E-state index contributed by atoms with van der Waals surface area (Å²) in [5.41, 5.74) is 1.58. The third-order valence-electron chi connectivity index (χ3n) is 5.65. The maximum Gasteiger partial charge on any atom is 0.301 e. The first-order chi connectivity index (χ1) is 15.6. The molecule has 0 aliphatic carbocycles. The summed E-state index contributed by atoms with van der Waals surface area (Å²) in [5, 5.41) is 0.105. The summed E-state index contributed by atoms with van der Waals surface area (Å²) >= 11 is 6.47. The highest BCUT2D eigenvalue weighted by molar-refractivity contribution is 7.90. The molecule has 3 aliphatic rings. The number of amidine groups is 1. The Labute approximate surface area is 196 Å². The van der Waals surface area contributed by atoms with Gasteiger partial charge < -0.3 is 9.64 Å². The van der Waals surface area contributed by atoms with E-state index in [1.807, 2.05) is 17.0 Å². The average molecular weight is 492 g/mol. The van der Waals surface area contributed by atoms with E-state index < -0.39 is 16.4 Å². The minimum absolute atomic E-state index is 0.105. The average Bonchev–Trinajstić information content (AvgIpc) is 3.33. The number of aliphatic imine (C=N–C) groups is 2. The van der Waals surface area contributed by atoms with Gasteiger partial charge in [0.1, 0.15) is 28.5 Å². The third-order valence-corrected chi connectivity index (χ3v) is 7.53. The van der Waals surface area contributed by atoms with Crippen LogP contribution in [-0.4, -0.2) is 61.1 Å². The van der Waals surface area contributed by atoms with Crippen LogP contribution in [-0.2, 0) is 10.2 Å². The first kappa shape index (κ1) is 22.1. The zero-order chi connectivity index (χ0) is 23.4. The van der Waals surface area contributed by atoms with Crippen molar-refractivity contribution in [1.82, 2.24) is 9.21 Å². The molecule has 2 aromatic rings. The van der Waals surface area contributed by atoms with Crippen LogP contribution < -0.4 is 9.46 Å². The van der Waals surface area contributed by atoms with E-state index in [0.717, 1.165) is 27.9 Å². The zero-order valence-electron chi connectivity index (χ0n) is 18.1. The van der Waals surface area contributed by atoms with Gasteiger partial charge in [0.2, 0.25) is 0 Å². The second-order valence-corrected chi connectivity index (χ2v) is 10.9. The van der Waals surface area contributed by atoms with Gasteiger partial charge in [0.05, 0.1) is 29.8 Å². The number of ether oxygens (including phenoxy) is 1. The van der Waals surface area contributed by atoms with E-state index in [1.165, 1.54) is 6.07 Å². The van der Waals surface area contributed by atoms with Crippen molar-refractivity contribution in [2.45, 2.75) is 32.0 Å². The summed E-state index contributed by atoms with van der Waals surface area (Å²) in [6, 6.07) is 10.3. The van der Waals surface area contributed by atoms with E-state index in [2.05, 4.69) is 23.6 Å². The molecule has 1 atom stereocenters. The molecular formula is C22H23ClFN5O3S. The zero-order valence-corrected chi connectivity index (χ0v) is 19.7. The number of rotatable bonds is 5. The van der Waals surface area contributed by atoms with E-state index in [-0.39, 0.29) is 41.5 Å². The Morgan fingerprint density at radius 1 is 1.27 bits per heavy atom. The summed E-state index contributed by atoms with van der Waals surface area (Å²) < 4.78 is 48.2. The van der Waals surface area contributed by atoms with Gasteiger partial charge in [0, 0.05) is 18.7 Å². The van der Waals surface area contributed by atoms with Gasteiger partial charge in [-0.3, -0.25) is 9.71 Å². The maximum absolute atomic E-state index is 13.5. The number of hydrogen-bond donors (Lipinski definition) is 1. The van der Waals surface area contributed by atoms with Crippen LogP contribution in [0.5, 0.6) is 11.5 Å². The predicted molar refractivity (Wildman–Crippen MR) is 127 cm³/mol. The lowest BCUT2D eigenvalue weighted by Crippen LogP contribution is -2.34. The molecule has 0 radical (unpaired) electrons. The van der Waals surface area contributed by atoms with Crippen molar-refractivity contribution in [3.05, 3.63) is 47.0 Å². The molecule has 3 heterocycles. The second-order valence-electron chi connectivity index (χ2n) is 8.87. The van der Waals surface area contributed by atoms with E-state index in [4.69, 9.17) is 21.3 Å². The normalized spacial score (nSPS) is 21.5. The van der Waals surface area contributed by atoms with Gasteiger partial charge in [0.15, 0.2) is 0 Å².